The van der Waals surface area contributed by atoms with Crippen molar-refractivity contribution in [3.05, 3.63) is 34.3 Å². The Morgan fingerprint density at radius 1 is 1.47 bits per heavy atom. The summed E-state index contributed by atoms with van der Waals surface area (Å²) in [6, 6.07) is 7.33. The lowest BCUT2D eigenvalue weighted by molar-refractivity contribution is -0.122. The fourth-order valence-corrected chi connectivity index (χ4v) is 1.62. The van der Waals surface area contributed by atoms with Gasteiger partial charge in [0, 0.05) is 4.47 Å². The molecule has 82 valence electrons. The maximum Gasteiger partial charge on any atom is 0.237 e. The highest BCUT2D eigenvalue weighted by atomic mass is 79.9. The summed E-state index contributed by atoms with van der Waals surface area (Å²) in [5.41, 5.74) is 6.52. The molecule has 15 heavy (non-hydrogen) atoms. The number of hydrogen-bond donors (Lipinski definition) is 2. The summed E-state index contributed by atoms with van der Waals surface area (Å²) < 4.78 is 1.00. The molecule has 0 aliphatic carbocycles. The van der Waals surface area contributed by atoms with E-state index in [0.717, 1.165) is 10.0 Å². The number of nitrogens with one attached hydrogen (secondary N) is 1. The summed E-state index contributed by atoms with van der Waals surface area (Å²) in [7, 11) is 0. The molecule has 1 aromatic carbocycles. The first-order chi connectivity index (χ1) is 7.00. The van der Waals surface area contributed by atoms with Crippen LogP contribution in [0.1, 0.15) is 25.5 Å². The van der Waals surface area contributed by atoms with E-state index in [1.165, 1.54) is 0 Å². The van der Waals surface area contributed by atoms with Crippen LogP contribution in [0.25, 0.3) is 0 Å². The fraction of sp³-hybridized carbons (Fsp3) is 0.364. The molecule has 0 fully saturated rings. The van der Waals surface area contributed by atoms with Crippen LogP contribution in [0.4, 0.5) is 0 Å². The number of nitrogens with two attached hydrogens (primary N) is 1. The van der Waals surface area contributed by atoms with E-state index in [1.807, 2.05) is 31.2 Å². The predicted octanol–water partition coefficient (Wildman–Crippen LogP) is 1.97. The molecule has 0 saturated heterocycles. The molecule has 0 bridgehead atoms. The highest BCUT2D eigenvalue weighted by Gasteiger charge is 2.12. The van der Waals surface area contributed by atoms with E-state index < -0.39 is 6.04 Å². The Bertz CT molecular complexity index is 352. The van der Waals surface area contributed by atoms with E-state index in [0.29, 0.717) is 0 Å². The predicted molar refractivity (Wildman–Crippen MR) is 64.3 cm³/mol. The second kappa shape index (κ2) is 5.28. The lowest BCUT2D eigenvalue weighted by Crippen LogP contribution is -2.39. The van der Waals surface area contributed by atoms with E-state index >= 15 is 0 Å². The van der Waals surface area contributed by atoms with Gasteiger partial charge in [-0.15, -0.1) is 0 Å². The van der Waals surface area contributed by atoms with Crippen LogP contribution >= 0.6 is 15.9 Å². The first kappa shape index (κ1) is 12.2. The number of carbonyl (C=O) groups is 1. The van der Waals surface area contributed by atoms with E-state index in [2.05, 4.69) is 21.2 Å². The number of hydrogen-bond acceptors (Lipinski definition) is 2. The second-order valence-corrected chi connectivity index (χ2v) is 4.49. The van der Waals surface area contributed by atoms with Gasteiger partial charge in [-0.1, -0.05) is 28.1 Å². The Hall–Kier alpha value is -0.870. The normalized spacial score (nSPS) is 14.4. The summed E-state index contributed by atoms with van der Waals surface area (Å²) >= 11 is 3.39. The van der Waals surface area contributed by atoms with E-state index in [1.54, 1.807) is 6.92 Å². The molecular formula is C11H15BrN2O. The van der Waals surface area contributed by atoms with Crippen molar-refractivity contribution < 1.29 is 4.79 Å². The van der Waals surface area contributed by atoms with Crippen molar-refractivity contribution >= 4 is 21.8 Å². The monoisotopic (exact) mass is 270 g/mol. The number of halogens is 1. The smallest absolute Gasteiger partial charge is 0.237 e. The maximum atomic E-state index is 11.4. The SMILES string of the molecule is CC(N)C(=O)N[C@H](C)c1cccc(Br)c1. The van der Waals surface area contributed by atoms with Gasteiger partial charge in [-0.25, -0.2) is 0 Å². The zero-order chi connectivity index (χ0) is 11.4. The minimum absolute atomic E-state index is 0.0269. The Labute approximate surface area is 98.2 Å². The minimum Gasteiger partial charge on any atom is -0.348 e. The van der Waals surface area contributed by atoms with E-state index in [4.69, 9.17) is 5.73 Å². The highest BCUT2D eigenvalue weighted by Crippen LogP contribution is 2.17. The molecule has 3 nitrogen and oxygen atoms in total. The molecule has 0 saturated carbocycles. The Morgan fingerprint density at radius 2 is 2.13 bits per heavy atom. The average molecular weight is 271 g/mol. The van der Waals surface area contributed by atoms with Crippen molar-refractivity contribution in [3.63, 3.8) is 0 Å². The van der Waals surface area contributed by atoms with Gasteiger partial charge in [0.25, 0.3) is 0 Å². The molecule has 2 atom stereocenters. The molecule has 4 heteroatoms. The first-order valence-electron chi connectivity index (χ1n) is 4.82. The number of amides is 1. The van der Waals surface area contributed by atoms with Gasteiger partial charge in [-0.3, -0.25) is 4.79 Å². The third kappa shape index (κ3) is 3.64. The summed E-state index contributed by atoms with van der Waals surface area (Å²) in [5.74, 6) is -0.137. The average Bonchev–Trinajstić information content (AvgIpc) is 2.17. The number of benzene rings is 1. The largest absolute Gasteiger partial charge is 0.348 e. The van der Waals surface area contributed by atoms with Crippen molar-refractivity contribution in [1.82, 2.24) is 5.32 Å². The van der Waals surface area contributed by atoms with Crippen LogP contribution in [0.15, 0.2) is 28.7 Å². The van der Waals surface area contributed by atoms with Gasteiger partial charge >= 0.3 is 0 Å². The van der Waals surface area contributed by atoms with Gasteiger partial charge in [0.1, 0.15) is 0 Å². The molecule has 3 N–H and O–H groups in total. The lowest BCUT2D eigenvalue weighted by atomic mass is 10.1. The number of rotatable bonds is 3. The van der Waals surface area contributed by atoms with E-state index in [-0.39, 0.29) is 11.9 Å². The summed E-state index contributed by atoms with van der Waals surface area (Å²) in [6.45, 7) is 3.60. The maximum absolute atomic E-state index is 11.4. The van der Waals surface area contributed by atoms with E-state index in [9.17, 15) is 4.79 Å². The third-order valence-corrected chi connectivity index (χ3v) is 2.61. The van der Waals surface area contributed by atoms with Crippen molar-refractivity contribution in [2.45, 2.75) is 25.9 Å². The van der Waals surface area contributed by atoms with Crippen LogP contribution in [0.3, 0.4) is 0 Å². The zero-order valence-corrected chi connectivity index (χ0v) is 10.4. The Balaban J connectivity index is 2.69. The number of carbonyl (C=O) groups excluding carboxylic acids is 1. The lowest BCUT2D eigenvalue weighted by Gasteiger charge is -2.16. The van der Waals surface area contributed by atoms with Crippen LogP contribution in [0, 0.1) is 0 Å². The fourth-order valence-electron chi connectivity index (χ4n) is 1.20. The van der Waals surface area contributed by atoms with Gasteiger partial charge in [0.05, 0.1) is 12.1 Å². The molecule has 0 aliphatic rings. The van der Waals surface area contributed by atoms with Crippen LogP contribution in [-0.2, 0) is 4.79 Å². The Kier molecular flexibility index (Phi) is 4.29. The Morgan fingerprint density at radius 3 is 2.67 bits per heavy atom. The van der Waals surface area contributed by atoms with Crippen LogP contribution in [0.2, 0.25) is 0 Å². The highest BCUT2D eigenvalue weighted by molar-refractivity contribution is 9.10. The molecule has 0 radical (unpaired) electrons. The summed E-state index contributed by atoms with van der Waals surface area (Å²) in [5, 5.41) is 2.84. The second-order valence-electron chi connectivity index (χ2n) is 3.57. The van der Waals surface area contributed by atoms with Crippen LogP contribution < -0.4 is 11.1 Å². The van der Waals surface area contributed by atoms with Crippen LogP contribution in [-0.4, -0.2) is 11.9 Å². The molecular weight excluding hydrogens is 256 g/mol. The van der Waals surface area contributed by atoms with Crippen LogP contribution in [0.5, 0.6) is 0 Å². The summed E-state index contributed by atoms with van der Waals surface area (Å²) in [6.07, 6.45) is 0. The van der Waals surface area contributed by atoms with Crippen molar-refractivity contribution in [2.75, 3.05) is 0 Å². The van der Waals surface area contributed by atoms with Gasteiger partial charge in [-0.05, 0) is 31.5 Å². The molecule has 1 amide bonds. The van der Waals surface area contributed by atoms with Crippen molar-refractivity contribution in [3.8, 4) is 0 Å². The van der Waals surface area contributed by atoms with Gasteiger partial charge < -0.3 is 11.1 Å². The van der Waals surface area contributed by atoms with Crippen molar-refractivity contribution in [2.24, 2.45) is 5.73 Å². The minimum atomic E-state index is -0.473. The summed E-state index contributed by atoms with van der Waals surface area (Å²) in [4.78, 5) is 11.4. The molecule has 1 rings (SSSR count). The topological polar surface area (TPSA) is 55.1 Å². The molecule has 0 aliphatic heterocycles. The van der Waals surface area contributed by atoms with Gasteiger partial charge in [0.2, 0.25) is 5.91 Å². The van der Waals surface area contributed by atoms with Crippen molar-refractivity contribution in [1.29, 1.82) is 0 Å². The molecule has 1 unspecified atom stereocenters. The molecule has 0 heterocycles. The van der Waals surface area contributed by atoms with Gasteiger partial charge in [-0.2, -0.15) is 0 Å². The molecule has 0 aromatic heterocycles. The van der Waals surface area contributed by atoms with Gasteiger partial charge in [0.15, 0.2) is 0 Å². The standard InChI is InChI=1S/C11H15BrN2O/c1-7(13)11(15)14-8(2)9-4-3-5-10(12)6-9/h3-8H,13H2,1-2H3,(H,14,15)/t7?,8-/m1/s1. The third-order valence-electron chi connectivity index (χ3n) is 2.12. The quantitative estimate of drug-likeness (QED) is 0.883. The molecule has 1 aromatic rings. The zero-order valence-electron chi connectivity index (χ0n) is 8.83. The first-order valence-corrected chi connectivity index (χ1v) is 5.61. The molecule has 0 spiro atoms.